The largest absolute Gasteiger partial charge is 0.508 e. The molecule has 0 radical (unpaired) electrons. The molecule has 0 saturated carbocycles. The molecule has 0 bridgehead atoms. The van der Waals surface area contributed by atoms with Gasteiger partial charge in [-0.2, -0.15) is 0 Å². The number of hydrogen-bond donors (Lipinski definition) is 1. The molecule has 0 unspecified atom stereocenters. The fourth-order valence-electron chi connectivity index (χ4n) is 2.89. The highest BCUT2D eigenvalue weighted by atomic mass is 79.9. The summed E-state index contributed by atoms with van der Waals surface area (Å²) >= 11 is 9.31. The Morgan fingerprint density at radius 1 is 0.553 bits per heavy atom. The SMILES string of the molecule is BrB(Br)Br.CCCCCCCC.CCCCCCCC.Cc1ccc(C)cc1.Cc1ccc(O)cc1.[2H]CC. The van der Waals surface area contributed by atoms with E-state index in [0.29, 0.717) is 12.6 Å². The smallest absolute Gasteiger partial charge is 0.369 e. The summed E-state index contributed by atoms with van der Waals surface area (Å²) in [5, 5.41) is 8.76. The lowest BCUT2D eigenvalue weighted by Gasteiger charge is -1.93. The van der Waals surface area contributed by atoms with Crippen LogP contribution in [0.25, 0.3) is 0 Å². The van der Waals surface area contributed by atoms with E-state index in [2.05, 4.69) is 113 Å². The van der Waals surface area contributed by atoms with Gasteiger partial charge in [-0.05, 0) is 32.9 Å². The highest BCUT2D eigenvalue weighted by molar-refractivity contribution is 9.69. The molecule has 2 rings (SSSR count). The average Bonchev–Trinajstić information content (AvgIpc) is 2.89. The maximum atomic E-state index is 8.76. The fraction of sp³-hybridized carbons (Fsp3) is 0.636. The third-order valence-corrected chi connectivity index (χ3v) is 5.17. The predicted octanol–water partition coefficient (Wildman–Crippen LogP) is 13.9. The van der Waals surface area contributed by atoms with Crippen molar-refractivity contribution < 1.29 is 6.48 Å². The molecule has 2 aromatic rings. The lowest BCUT2D eigenvalue weighted by molar-refractivity contribution is 0.475. The summed E-state index contributed by atoms with van der Waals surface area (Å²) < 4.78 is 6.48. The van der Waals surface area contributed by atoms with Gasteiger partial charge in [0.05, 0.1) is 0 Å². The Labute approximate surface area is 265 Å². The van der Waals surface area contributed by atoms with Crippen LogP contribution in [0.3, 0.4) is 0 Å². The number of benzene rings is 2. The maximum Gasteiger partial charge on any atom is 0.369 e. The summed E-state index contributed by atoms with van der Waals surface area (Å²) in [7, 11) is 0. The van der Waals surface area contributed by atoms with E-state index < -0.39 is 0 Å². The van der Waals surface area contributed by atoms with Gasteiger partial charge in [-0.1, -0.05) is 172 Å². The molecule has 0 fully saturated rings. The molecule has 1 N–H and O–H groups in total. The van der Waals surface area contributed by atoms with Gasteiger partial charge in [-0.3, -0.25) is 0 Å². The Morgan fingerprint density at radius 3 is 0.895 bits per heavy atom. The number of phenols is 1. The molecule has 0 heterocycles. The van der Waals surface area contributed by atoms with Crippen molar-refractivity contribution in [3.05, 3.63) is 65.2 Å². The van der Waals surface area contributed by atoms with Crippen LogP contribution in [0.15, 0.2) is 48.5 Å². The van der Waals surface area contributed by atoms with Gasteiger partial charge in [-0.25, -0.2) is 0 Å². The summed E-state index contributed by atoms with van der Waals surface area (Å²) in [4.78, 5) is 0. The Hall–Kier alpha value is -0.255. The fourth-order valence-corrected chi connectivity index (χ4v) is 2.89. The van der Waals surface area contributed by atoms with E-state index in [1.165, 1.54) is 93.7 Å². The van der Waals surface area contributed by atoms with Gasteiger partial charge in [0.1, 0.15) is 5.75 Å². The van der Waals surface area contributed by atoms with Gasteiger partial charge in [-0.15, -0.1) is 47.3 Å². The van der Waals surface area contributed by atoms with Crippen LogP contribution < -0.4 is 0 Å². The molecule has 0 amide bonds. The molecule has 1 nitrogen and oxygen atoms in total. The predicted molar refractivity (Wildman–Crippen MR) is 191 cm³/mol. The van der Waals surface area contributed by atoms with Crippen molar-refractivity contribution in [2.24, 2.45) is 0 Å². The lowest BCUT2D eigenvalue weighted by Crippen LogP contribution is -1.73. The number of phenolic OH excluding ortho intramolecular Hbond substituents is 1. The van der Waals surface area contributed by atoms with Crippen LogP contribution in [-0.2, 0) is 0 Å². The number of hydrogen-bond acceptors (Lipinski definition) is 1. The second-order valence-corrected chi connectivity index (χ2v) is 15.5. The summed E-state index contributed by atoms with van der Waals surface area (Å²) in [6.07, 6.45) is 17.0. The van der Waals surface area contributed by atoms with Gasteiger partial charge in [0.15, 0.2) is 0 Å². The third kappa shape index (κ3) is 48.8. The van der Waals surface area contributed by atoms with Crippen molar-refractivity contribution in [3.8, 4) is 5.75 Å². The monoisotopic (exact) mass is 721 g/mol. The first-order chi connectivity index (χ1) is 18.6. The van der Waals surface area contributed by atoms with Crippen molar-refractivity contribution >= 4 is 50.5 Å². The summed E-state index contributed by atoms with van der Waals surface area (Å²) in [6.45, 7) is 17.5. The molecule has 38 heavy (non-hydrogen) atoms. The van der Waals surface area contributed by atoms with Crippen molar-refractivity contribution in [2.75, 3.05) is 0 Å². The molecule has 0 spiro atoms. The number of unbranched alkanes of at least 4 members (excludes halogenated alkanes) is 10. The Balaban J connectivity index is -0.000000194. The first-order valence-corrected chi connectivity index (χ1v) is 17.3. The number of rotatable bonds is 10. The van der Waals surface area contributed by atoms with Crippen molar-refractivity contribution in [3.63, 3.8) is 0 Å². The van der Waals surface area contributed by atoms with Crippen LogP contribution in [0.1, 0.15) is 137 Å². The first-order valence-electron chi connectivity index (χ1n) is 15.3. The third-order valence-electron chi connectivity index (χ3n) is 5.17. The lowest BCUT2D eigenvalue weighted by atomic mass is 10.1. The van der Waals surface area contributed by atoms with E-state index >= 15 is 0 Å². The van der Waals surface area contributed by atoms with Crippen LogP contribution in [0.5, 0.6) is 5.75 Å². The molecule has 222 valence electrons. The molecule has 0 atom stereocenters. The van der Waals surface area contributed by atoms with Gasteiger partial charge in [0.25, 0.3) is 0 Å². The molecule has 2 aromatic carbocycles. The van der Waals surface area contributed by atoms with Crippen molar-refractivity contribution in [1.82, 2.24) is 0 Å². The molecule has 0 aromatic heterocycles. The standard InChI is InChI=1S/C8H10.2C8H18.C7H8O.C2H6.BBr3/c1-7-3-5-8(2)6-4-7;2*1-3-5-7-8-6-4-2;1-6-2-4-7(8)5-3-6;1-2;2-1(3)4/h3-6H,1-2H3;2*3-8H2,1-2H3;2-5,8H,1H3;1-2H3;/i;;;;1D;. The van der Waals surface area contributed by atoms with E-state index in [-0.39, 0.29) is 3.18 Å². The zero-order valence-corrected chi connectivity index (χ0v) is 30.7. The van der Waals surface area contributed by atoms with Gasteiger partial charge in [0.2, 0.25) is 0 Å². The van der Waals surface area contributed by atoms with Crippen LogP contribution in [0.2, 0.25) is 0 Å². The van der Waals surface area contributed by atoms with Gasteiger partial charge in [0, 0.05) is 1.37 Å². The highest BCUT2D eigenvalue weighted by Gasteiger charge is 1.88. The molecule has 0 aliphatic rings. The second kappa shape index (κ2) is 38.9. The van der Waals surface area contributed by atoms with Crippen LogP contribution in [0, 0.1) is 20.8 Å². The molecule has 5 heteroatoms. The average molecular weight is 724 g/mol. The Kier molecular flexibility index (Phi) is 43.2. The maximum absolute atomic E-state index is 8.76. The Bertz CT molecular complexity index is 555. The minimum atomic E-state index is 0.271. The summed E-state index contributed by atoms with van der Waals surface area (Å²) in [5.41, 5.74) is 3.83. The highest BCUT2D eigenvalue weighted by Crippen LogP contribution is 2.08. The number of aromatic hydroxyl groups is 1. The quantitative estimate of drug-likeness (QED) is 0.191. The molecular weight excluding hydrogens is 663 g/mol. The molecule has 0 aliphatic carbocycles. The molecule has 0 aliphatic heterocycles. The second-order valence-electron chi connectivity index (χ2n) is 9.07. The van der Waals surface area contributed by atoms with Gasteiger partial charge < -0.3 is 5.11 Å². The topological polar surface area (TPSA) is 20.2 Å². The van der Waals surface area contributed by atoms with Crippen molar-refractivity contribution in [1.29, 1.82) is 0 Å². The van der Waals surface area contributed by atoms with E-state index in [1.54, 1.807) is 19.1 Å². The minimum absolute atomic E-state index is 0.271. The zero-order valence-electron chi connectivity index (χ0n) is 27.0. The Morgan fingerprint density at radius 2 is 0.737 bits per heavy atom. The molecule has 0 saturated heterocycles. The minimum Gasteiger partial charge on any atom is -0.508 e. The summed E-state index contributed by atoms with van der Waals surface area (Å²) in [5.74, 6) is 0.329. The van der Waals surface area contributed by atoms with E-state index in [4.69, 9.17) is 6.48 Å². The van der Waals surface area contributed by atoms with E-state index in [1.807, 2.05) is 19.1 Å². The van der Waals surface area contributed by atoms with Gasteiger partial charge >= 0.3 is 3.18 Å². The molecular formula is C33H60BBr3O. The van der Waals surface area contributed by atoms with E-state index in [9.17, 15) is 0 Å². The zero-order chi connectivity index (χ0) is 30.7. The van der Waals surface area contributed by atoms with Crippen molar-refractivity contribution in [2.45, 2.75) is 139 Å². The van der Waals surface area contributed by atoms with Crippen LogP contribution in [0.4, 0.5) is 0 Å². The summed E-state index contributed by atoms with van der Waals surface area (Å²) in [6, 6.07) is 15.6. The van der Waals surface area contributed by atoms with Crippen LogP contribution >= 0.6 is 47.3 Å². The first kappa shape index (κ1) is 42.2. The normalized spacial score (nSPS) is 9.18. The number of halogens is 3. The van der Waals surface area contributed by atoms with Crippen LogP contribution in [-0.4, -0.2) is 8.29 Å². The van der Waals surface area contributed by atoms with E-state index in [0.717, 1.165) is 0 Å². The number of aryl methyl sites for hydroxylation is 3.